The highest BCUT2D eigenvalue weighted by molar-refractivity contribution is 6.34. The zero-order chi connectivity index (χ0) is 26.0. The minimum Gasteiger partial charge on any atom is -0.383 e. The first-order chi connectivity index (χ1) is 17.9. The Bertz CT molecular complexity index is 1270. The van der Waals surface area contributed by atoms with Gasteiger partial charge in [0.15, 0.2) is 0 Å². The van der Waals surface area contributed by atoms with Gasteiger partial charge in [-0.2, -0.15) is 0 Å². The van der Waals surface area contributed by atoms with Crippen LogP contribution in [0.4, 0.5) is 5.69 Å². The van der Waals surface area contributed by atoms with E-state index in [1.54, 1.807) is 7.11 Å². The summed E-state index contributed by atoms with van der Waals surface area (Å²) in [7, 11) is 1.74. The molecule has 198 valence electrons. The van der Waals surface area contributed by atoms with E-state index < -0.39 is 0 Å². The molecule has 1 amide bonds. The van der Waals surface area contributed by atoms with E-state index in [4.69, 9.17) is 32.9 Å². The number of imidazole rings is 1. The van der Waals surface area contributed by atoms with Gasteiger partial charge in [0.05, 0.1) is 34.4 Å². The number of ether oxygens (including phenoxy) is 1. The van der Waals surface area contributed by atoms with Crippen LogP contribution < -0.4 is 10.2 Å². The molecule has 1 aliphatic heterocycles. The van der Waals surface area contributed by atoms with Crippen LogP contribution in [-0.4, -0.2) is 42.2 Å². The summed E-state index contributed by atoms with van der Waals surface area (Å²) in [5, 5.41) is 4.56. The van der Waals surface area contributed by atoms with Gasteiger partial charge < -0.3 is 19.9 Å². The Labute approximate surface area is 229 Å². The van der Waals surface area contributed by atoms with Gasteiger partial charge in [-0.3, -0.25) is 4.79 Å². The average molecular weight is 544 g/mol. The molecule has 37 heavy (non-hydrogen) atoms. The fraction of sp³-hybridized carbons (Fsp3) is 0.517. The summed E-state index contributed by atoms with van der Waals surface area (Å²) in [6.45, 7) is 4.25. The van der Waals surface area contributed by atoms with Gasteiger partial charge in [-0.25, -0.2) is 4.98 Å². The third-order valence-corrected chi connectivity index (χ3v) is 8.74. The highest BCUT2D eigenvalue weighted by atomic mass is 35.5. The number of hydrogen-bond acceptors (Lipinski definition) is 4. The van der Waals surface area contributed by atoms with Crippen molar-refractivity contribution in [1.29, 1.82) is 0 Å². The first kappa shape index (κ1) is 26.3. The van der Waals surface area contributed by atoms with Gasteiger partial charge in [0.2, 0.25) is 5.91 Å². The van der Waals surface area contributed by atoms with Gasteiger partial charge in [0.1, 0.15) is 5.82 Å². The number of nitrogens with zero attached hydrogens (tertiary/aromatic N) is 2. The summed E-state index contributed by atoms with van der Waals surface area (Å²) < 4.78 is 5.42. The molecule has 2 heterocycles. The molecular weight excluding hydrogens is 507 g/mol. The maximum atomic E-state index is 12.9. The van der Waals surface area contributed by atoms with Crippen LogP contribution in [0.25, 0.3) is 11.0 Å². The second kappa shape index (κ2) is 11.2. The number of nitrogens with one attached hydrogen (secondary N) is 2. The number of rotatable bonds is 8. The van der Waals surface area contributed by atoms with E-state index in [0.717, 1.165) is 78.7 Å². The lowest BCUT2D eigenvalue weighted by molar-refractivity contribution is -0.132. The number of fused-ring (bicyclic) bond motifs is 1. The Morgan fingerprint density at radius 1 is 1.16 bits per heavy atom. The van der Waals surface area contributed by atoms with Crippen molar-refractivity contribution in [3.05, 3.63) is 57.3 Å². The monoisotopic (exact) mass is 542 g/mol. The van der Waals surface area contributed by atoms with Crippen LogP contribution in [0.2, 0.25) is 10.0 Å². The largest absolute Gasteiger partial charge is 0.383 e. The molecule has 1 saturated carbocycles. The van der Waals surface area contributed by atoms with Crippen molar-refractivity contribution in [3.8, 4) is 0 Å². The highest BCUT2D eigenvalue weighted by Gasteiger charge is 2.34. The van der Waals surface area contributed by atoms with Crippen LogP contribution >= 0.6 is 23.2 Å². The van der Waals surface area contributed by atoms with E-state index in [9.17, 15) is 4.79 Å². The standard InChI is InChI=1S/C29H36Cl2N4O2/c1-29(10-4-3-5-11-29)28(36)32-17-19-8-9-22(30)20(13-19)14-27-33-24-15-23(31)26(16-25(24)34-27)35-12-6-7-21(35)18-37-2/h8-9,13,15-16,21H,3-7,10-12,14,17-18H2,1-2H3,(H,32,36)(H,33,34)/t21-/m0/s1. The van der Waals surface area contributed by atoms with Crippen molar-refractivity contribution < 1.29 is 9.53 Å². The van der Waals surface area contributed by atoms with Crippen molar-refractivity contribution in [2.75, 3.05) is 25.2 Å². The van der Waals surface area contributed by atoms with Crippen molar-refractivity contribution in [3.63, 3.8) is 0 Å². The number of methoxy groups -OCH3 is 1. The fourth-order valence-electron chi connectivity index (χ4n) is 5.90. The van der Waals surface area contributed by atoms with Crippen LogP contribution in [0, 0.1) is 5.41 Å². The third kappa shape index (κ3) is 5.76. The number of aromatic nitrogens is 2. The molecule has 1 atom stereocenters. The molecule has 5 rings (SSSR count). The minimum atomic E-state index is -0.249. The maximum Gasteiger partial charge on any atom is 0.226 e. The first-order valence-corrected chi connectivity index (χ1v) is 14.1. The maximum absolute atomic E-state index is 12.9. The number of H-pyrrole nitrogens is 1. The molecule has 0 unspecified atom stereocenters. The molecule has 2 aliphatic rings. The van der Waals surface area contributed by atoms with Crippen molar-refractivity contribution in [2.45, 2.75) is 70.9 Å². The molecule has 0 bridgehead atoms. The molecular formula is C29H36Cl2N4O2. The lowest BCUT2D eigenvalue weighted by Crippen LogP contribution is -2.39. The van der Waals surface area contributed by atoms with Gasteiger partial charge >= 0.3 is 0 Å². The minimum absolute atomic E-state index is 0.152. The third-order valence-electron chi connectivity index (χ3n) is 8.07. The lowest BCUT2D eigenvalue weighted by Gasteiger charge is -2.32. The fourth-order valence-corrected chi connectivity index (χ4v) is 6.36. The van der Waals surface area contributed by atoms with Crippen LogP contribution in [0.15, 0.2) is 30.3 Å². The molecule has 1 saturated heterocycles. The summed E-state index contributed by atoms with van der Waals surface area (Å²) in [5.41, 5.74) is 4.56. The number of benzene rings is 2. The molecule has 2 N–H and O–H groups in total. The van der Waals surface area contributed by atoms with Gasteiger partial charge in [-0.15, -0.1) is 0 Å². The Morgan fingerprint density at radius 3 is 2.76 bits per heavy atom. The van der Waals surface area contributed by atoms with E-state index in [2.05, 4.69) is 34.3 Å². The Morgan fingerprint density at radius 2 is 1.97 bits per heavy atom. The number of amides is 1. The Kier molecular flexibility index (Phi) is 7.99. The second-order valence-corrected chi connectivity index (χ2v) is 11.7. The van der Waals surface area contributed by atoms with Gasteiger partial charge in [-0.05, 0) is 55.0 Å². The number of halogens is 2. The van der Waals surface area contributed by atoms with Crippen molar-refractivity contribution in [2.24, 2.45) is 5.41 Å². The molecule has 8 heteroatoms. The van der Waals surface area contributed by atoms with Crippen LogP contribution in [0.3, 0.4) is 0 Å². The molecule has 1 aliphatic carbocycles. The molecule has 6 nitrogen and oxygen atoms in total. The van der Waals surface area contributed by atoms with E-state index in [1.165, 1.54) is 6.42 Å². The highest BCUT2D eigenvalue weighted by Crippen LogP contribution is 2.37. The lowest BCUT2D eigenvalue weighted by atomic mass is 9.75. The summed E-state index contributed by atoms with van der Waals surface area (Å²) in [5.74, 6) is 0.982. The van der Waals surface area contributed by atoms with Crippen molar-refractivity contribution >= 4 is 45.8 Å². The second-order valence-electron chi connectivity index (χ2n) is 10.9. The summed E-state index contributed by atoms with van der Waals surface area (Å²) in [6.07, 6.45) is 8.21. The van der Waals surface area contributed by atoms with Crippen LogP contribution in [-0.2, 0) is 22.5 Å². The van der Waals surface area contributed by atoms with Gasteiger partial charge in [0.25, 0.3) is 0 Å². The molecule has 1 aromatic heterocycles. The van der Waals surface area contributed by atoms with Gasteiger partial charge in [0, 0.05) is 37.1 Å². The summed E-state index contributed by atoms with van der Waals surface area (Å²) >= 11 is 13.3. The number of carbonyl (C=O) groups is 1. The average Bonchev–Trinajstić information content (AvgIpc) is 3.50. The smallest absolute Gasteiger partial charge is 0.226 e. The summed E-state index contributed by atoms with van der Waals surface area (Å²) in [6, 6.07) is 10.3. The molecule has 3 aromatic rings. The number of hydrogen-bond donors (Lipinski definition) is 2. The normalized spacial score (nSPS) is 19.5. The van der Waals surface area contributed by atoms with Gasteiger partial charge in [-0.1, -0.05) is 61.5 Å². The Hall–Kier alpha value is -2.28. The topological polar surface area (TPSA) is 70.2 Å². The molecule has 0 spiro atoms. The van der Waals surface area contributed by atoms with Crippen LogP contribution in [0.1, 0.15) is 68.8 Å². The zero-order valence-electron chi connectivity index (χ0n) is 21.7. The quantitative estimate of drug-likeness (QED) is 0.333. The molecule has 2 aromatic carbocycles. The predicted molar refractivity (Wildman–Crippen MR) is 151 cm³/mol. The van der Waals surface area contributed by atoms with Crippen LogP contribution in [0.5, 0.6) is 0 Å². The van der Waals surface area contributed by atoms with E-state index >= 15 is 0 Å². The van der Waals surface area contributed by atoms with E-state index in [1.807, 2.05) is 18.2 Å². The molecule has 2 fully saturated rings. The van der Waals surface area contributed by atoms with E-state index in [-0.39, 0.29) is 11.3 Å². The summed E-state index contributed by atoms with van der Waals surface area (Å²) in [4.78, 5) is 23.5. The first-order valence-electron chi connectivity index (χ1n) is 13.4. The SMILES string of the molecule is COC[C@@H]1CCCN1c1cc2nc(Cc3cc(CNC(=O)C4(C)CCCCC4)ccc3Cl)[nH]c2cc1Cl. The number of anilines is 1. The Balaban J connectivity index is 1.30. The number of aromatic amines is 1. The zero-order valence-corrected chi connectivity index (χ0v) is 23.2. The van der Waals surface area contributed by atoms with E-state index in [0.29, 0.717) is 35.7 Å². The number of carbonyl (C=O) groups excluding carboxylic acids is 1. The predicted octanol–water partition coefficient (Wildman–Crippen LogP) is 6.66. The molecule has 0 radical (unpaired) electrons. The van der Waals surface area contributed by atoms with Crippen molar-refractivity contribution in [1.82, 2.24) is 15.3 Å².